The molecule has 1 aromatic carbocycles. The molecule has 1 aromatic heterocycles. The number of carboxylic acids is 1. The number of aliphatic carboxylic acids is 1. The predicted octanol–water partition coefficient (Wildman–Crippen LogP) is 2.97. The minimum absolute atomic E-state index is 0.0253. The first-order chi connectivity index (χ1) is 10.1. The van der Waals surface area contributed by atoms with Gasteiger partial charge in [-0.1, -0.05) is 23.4 Å². The van der Waals surface area contributed by atoms with E-state index in [2.05, 4.69) is 4.98 Å². The van der Waals surface area contributed by atoms with Crippen molar-refractivity contribution < 1.29 is 19.0 Å². The molecule has 1 aliphatic heterocycles. The molecule has 1 fully saturated rings. The molecule has 1 unspecified atom stereocenters. The zero-order valence-corrected chi connectivity index (χ0v) is 12.5. The predicted molar refractivity (Wildman–Crippen MR) is 77.5 cm³/mol. The van der Waals surface area contributed by atoms with Gasteiger partial charge in [-0.2, -0.15) is 0 Å². The largest absolute Gasteiger partial charge is 0.481 e. The zero-order valence-electron chi connectivity index (χ0n) is 10.9. The van der Waals surface area contributed by atoms with E-state index in [9.17, 15) is 9.18 Å². The maximum Gasteiger partial charge on any atom is 0.313 e. The molecule has 2 aromatic rings. The second-order valence-corrected chi connectivity index (χ2v) is 6.07. The molecule has 0 spiro atoms. The number of carboxylic acid groups (broad SMARTS) is 1. The number of thioether (sulfide) groups is 1. The molecule has 1 N–H and O–H groups in total. The summed E-state index contributed by atoms with van der Waals surface area (Å²) in [5.41, 5.74) is 1.17. The fourth-order valence-electron chi connectivity index (χ4n) is 2.37. The molecule has 1 atom stereocenters. The normalized spacial score (nSPS) is 18.5. The standard InChI is InChI=1S/C13H12ClFN2O3S/c14-8-3-11-10(4-9(8)15)16-13(21-6-12(18)19)17(11)7-1-2-20-5-7/h3-4,7H,1-2,5-6H2,(H,18,19). The van der Waals surface area contributed by atoms with E-state index >= 15 is 0 Å². The number of carbonyl (C=O) groups is 1. The Bertz CT molecular complexity index is 700. The van der Waals surface area contributed by atoms with Crippen LogP contribution < -0.4 is 0 Å². The first kappa shape index (κ1) is 14.6. The Labute approximate surface area is 129 Å². The maximum absolute atomic E-state index is 13.6. The van der Waals surface area contributed by atoms with Crippen molar-refractivity contribution in [3.63, 3.8) is 0 Å². The van der Waals surface area contributed by atoms with Gasteiger partial charge in [-0.05, 0) is 12.5 Å². The van der Waals surface area contributed by atoms with Gasteiger partial charge in [0.2, 0.25) is 0 Å². The van der Waals surface area contributed by atoms with Crippen molar-refractivity contribution in [2.45, 2.75) is 17.6 Å². The van der Waals surface area contributed by atoms with Crippen LogP contribution in [0.15, 0.2) is 17.3 Å². The van der Waals surface area contributed by atoms with Crippen molar-refractivity contribution in [2.75, 3.05) is 19.0 Å². The quantitative estimate of drug-likeness (QED) is 0.873. The molecule has 5 nitrogen and oxygen atoms in total. The van der Waals surface area contributed by atoms with E-state index in [1.54, 1.807) is 0 Å². The first-order valence-electron chi connectivity index (χ1n) is 6.35. The molecule has 0 radical (unpaired) electrons. The van der Waals surface area contributed by atoms with Gasteiger partial charge in [0.15, 0.2) is 5.16 Å². The van der Waals surface area contributed by atoms with E-state index in [0.29, 0.717) is 29.4 Å². The van der Waals surface area contributed by atoms with E-state index in [-0.39, 0.29) is 16.8 Å². The van der Waals surface area contributed by atoms with E-state index in [1.807, 2.05) is 4.57 Å². The van der Waals surface area contributed by atoms with Crippen LogP contribution in [-0.2, 0) is 9.53 Å². The lowest BCUT2D eigenvalue weighted by Gasteiger charge is -2.14. The van der Waals surface area contributed by atoms with Crippen LogP contribution in [-0.4, -0.2) is 39.6 Å². The third-order valence-electron chi connectivity index (χ3n) is 3.29. The highest BCUT2D eigenvalue weighted by molar-refractivity contribution is 7.99. The van der Waals surface area contributed by atoms with Crippen molar-refractivity contribution in [1.82, 2.24) is 9.55 Å². The Hall–Kier alpha value is -1.31. The number of rotatable bonds is 4. The van der Waals surface area contributed by atoms with E-state index in [1.165, 1.54) is 12.1 Å². The Morgan fingerprint density at radius 2 is 2.43 bits per heavy atom. The molecule has 112 valence electrons. The fraction of sp³-hybridized carbons (Fsp3) is 0.385. The molecular weight excluding hydrogens is 319 g/mol. The monoisotopic (exact) mass is 330 g/mol. The molecule has 0 amide bonds. The number of nitrogens with zero attached hydrogens (tertiary/aromatic N) is 2. The minimum Gasteiger partial charge on any atom is -0.481 e. The average molecular weight is 331 g/mol. The third-order valence-corrected chi connectivity index (χ3v) is 4.52. The number of hydrogen-bond acceptors (Lipinski definition) is 4. The van der Waals surface area contributed by atoms with Crippen molar-refractivity contribution in [2.24, 2.45) is 0 Å². The van der Waals surface area contributed by atoms with Crippen LogP contribution in [0.5, 0.6) is 0 Å². The van der Waals surface area contributed by atoms with Crippen molar-refractivity contribution in [3.05, 3.63) is 23.0 Å². The number of halogens is 2. The molecule has 0 aliphatic carbocycles. The molecule has 8 heteroatoms. The van der Waals surface area contributed by atoms with Crippen LogP contribution >= 0.6 is 23.4 Å². The summed E-state index contributed by atoms with van der Waals surface area (Å²) in [4.78, 5) is 15.1. The van der Waals surface area contributed by atoms with E-state index in [4.69, 9.17) is 21.4 Å². The molecule has 2 heterocycles. The number of ether oxygens (including phenoxy) is 1. The second kappa shape index (κ2) is 5.82. The average Bonchev–Trinajstić information content (AvgIpc) is 3.04. The van der Waals surface area contributed by atoms with E-state index < -0.39 is 11.8 Å². The second-order valence-electron chi connectivity index (χ2n) is 4.72. The van der Waals surface area contributed by atoms with Crippen LogP contribution in [0.25, 0.3) is 11.0 Å². The summed E-state index contributed by atoms with van der Waals surface area (Å²) in [6.07, 6.45) is 0.807. The smallest absolute Gasteiger partial charge is 0.313 e. The summed E-state index contributed by atoms with van der Waals surface area (Å²) in [7, 11) is 0. The fourth-order valence-corrected chi connectivity index (χ4v) is 3.33. The minimum atomic E-state index is -0.925. The van der Waals surface area contributed by atoms with Crippen LogP contribution in [0.2, 0.25) is 5.02 Å². The highest BCUT2D eigenvalue weighted by Gasteiger charge is 2.24. The highest BCUT2D eigenvalue weighted by atomic mass is 35.5. The van der Waals surface area contributed by atoms with Gasteiger partial charge in [-0.25, -0.2) is 9.37 Å². The summed E-state index contributed by atoms with van der Waals surface area (Å²) >= 11 is 6.97. The number of imidazole rings is 1. The van der Waals surface area contributed by atoms with Gasteiger partial charge in [0, 0.05) is 12.7 Å². The van der Waals surface area contributed by atoms with Gasteiger partial charge in [-0.15, -0.1) is 0 Å². The zero-order chi connectivity index (χ0) is 15.0. The Morgan fingerprint density at radius 3 is 3.10 bits per heavy atom. The maximum atomic E-state index is 13.6. The summed E-state index contributed by atoms with van der Waals surface area (Å²) in [5.74, 6) is -1.57. The topological polar surface area (TPSA) is 64.3 Å². The lowest BCUT2D eigenvalue weighted by Crippen LogP contribution is -2.11. The SMILES string of the molecule is O=C(O)CSc1nc2cc(F)c(Cl)cc2n1C1CCOC1. The summed E-state index contributed by atoms with van der Waals surface area (Å²) in [6, 6.07) is 2.87. The van der Waals surface area contributed by atoms with Gasteiger partial charge >= 0.3 is 5.97 Å². The molecule has 0 saturated carbocycles. The van der Waals surface area contributed by atoms with Gasteiger partial charge in [0.05, 0.1) is 34.5 Å². The van der Waals surface area contributed by atoms with Crippen molar-refractivity contribution in [1.29, 1.82) is 0 Å². The van der Waals surface area contributed by atoms with Crippen LogP contribution in [0.3, 0.4) is 0 Å². The van der Waals surface area contributed by atoms with Crippen LogP contribution in [0.4, 0.5) is 4.39 Å². The Balaban J connectivity index is 2.10. The molecule has 0 bridgehead atoms. The Morgan fingerprint density at radius 1 is 1.62 bits per heavy atom. The van der Waals surface area contributed by atoms with Crippen molar-refractivity contribution >= 4 is 40.4 Å². The van der Waals surface area contributed by atoms with Crippen LogP contribution in [0.1, 0.15) is 12.5 Å². The van der Waals surface area contributed by atoms with Gasteiger partial charge in [0.25, 0.3) is 0 Å². The summed E-state index contributed by atoms with van der Waals surface area (Å²) in [6.45, 7) is 1.17. The summed E-state index contributed by atoms with van der Waals surface area (Å²) < 4.78 is 20.9. The first-order valence-corrected chi connectivity index (χ1v) is 7.72. The van der Waals surface area contributed by atoms with Crippen LogP contribution in [0, 0.1) is 5.82 Å². The molecule has 1 saturated heterocycles. The number of benzene rings is 1. The molecule has 3 rings (SSSR count). The third kappa shape index (κ3) is 2.86. The Kier molecular flexibility index (Phi) is 4.05. The number of aromatic nitrogens is 2. The highest BCUT2D eigenvalue weighted by Crippen LogP contribution is 2.33. The number of fused-ring (bicyclic) bond motifs is 1. The number of hydrogen-bond donors (Lipinski definition) is 1. The lowest BCUT2D eigenvalue weighted by molar-refractivity contribution is -0.133. The summed E-state index contributed by atoms with van der Waals surface area (Å²) in [5, 5.41) is 9.40. The molecule has 1 aliphatic rings. The van der Waals surface area contributed by atoms with E-state index in [0.717, 1.165) is 18.2 Å². The molecular formula is C13H12ClFN2O3S. The van der Waals surface area contributed by atoms with Gasteiger partial charge < -0.3 is 14.4 Å². The van der Waals surface area contributed by atoms with Gasteiger partial charge in [0.1, 0.15) is 5.82 Å². The lowest BCUT2D eigenvalue weighted by atomic mass is 10.2. The van der Waals surface area contributed by atoms with Gasteiger partial charge in [-0.3, -0.25) is 4.79 Å². The molecule has 21 heavy (non-hydrogen) atoms. The van der Waals surface area contributed by atoms with Crippen molar-refractivity contribution in [3.8, 4) is 0 Å².